The summed E-state index contributed by atoms with van der Waals surface area (Å²) in [5.41, 5.74) is 11.8. The van der Waals surface area contributed by atoms with E-state index in [9.17, 15) is 17.3 Å². The first-order valence-corrected chi connectivity index (χ1v) is 53.9. The van der Waals surface area contributed by atoms with Crippen LogP contribution in [0.1, 0.15) is 0 Å². The van der Waals surface area contributed by atoms with Gasteiger partial charge in [0, 0.05) is 198 Å². The number of halogens is 4. The highest BCUT2D eigenvalue weighted by molar-refractivity contribution is 6.81. The summed E-state index contributed by atoms with van der Waals surface area (Å²) in [6, 6.07) is 83.6. The number of anilines is 9. The molecule has 0 aromatic heterocycles. The predicted octanol–water partition coefficient (Wildman–Crippen LogP) is 16.6. The van der Waals surface area contributed by atoms with Gasteiger partial charge in [-0.25, -0.2) is 17.3 Å². The lowest BCUT2D eigenvalue weighted by Gasteiger charge is -2.28. The zero-order valence-corrected chi connectivity index (χ0v) is 79.5. The van der Waals surface area contributed by atoms with Crippen LogP contribution in [0.5, 0.6) is 0 Å². The molecule has 0 atom stereocenters. The van der Waals surface area contributed by atoms with Crippen LogP contribution in [0.3, 0.4) is 0 Å². The molecule has 0 aliphatic heterocycles. The maximum atomic E-state index is 12.5. The molecule has 0 saturated heterocycles. The smallest absolute Gasteiger partial charge is 0.398 e. The molecule has 0 N–H and O–H groups in total. The minimum Gasteiger partial charge on any atom is -0.398 e. The average Bonchev–Trinajstić information content (AvgIpc) is 0.790. The van der Waals surface area contributed by atoms with E-state index in [1.165, 1.54) is 35.5 Å². The van der Waals surface area contributed by atoms with Crippen molar-refractivity contribution in [3.05, 3.63) is 237 Å². The van der Waals surface area contributed by atoms with E-state index in [1.54, 1.807) is 106 Å². The first-order chi connectivity index (χ1) is 55.6. The maximum Gasteiger partial charge on any atom is 0.719 e. The summed E-state index contributed by atoms with van der Waals surface area (Å²) >= 11 is 0. The van der Waals surface area contributed by atoms with E-state index >= 15 is 0 Å². The van der Waals surface area contributed by atoms with Gasteiger partial charge in [-0.05, 0) is 175 Å². The van der Waals surface area contributed by atoms with Crippen LogP contribution in [0.25, 0.3) is 11.1 Å². The largest absolute Gasteiger partial charge is 0.719 e. The monoisotopic (exact) mass is 1750 g/mol. The minimum absolute atomic E-state index is 0.486. The summed E-state index contributed by atoms with van der Waals surface area (Å²) in [7, 11) is 9.15. The molecule has 34 heteroatoms. The highest BCUT2D eigenvalue weighted by Gasteiger charge is 2.44. The third-order valence-electron chi connectivity index (χ3n) is 19.7. The van der Waals surface area contributed by atoms with E-state index in [0.717, 1.165) is 89.1 Å². The number of hydrogen-bond donors (Lipinski definition) is 0. The van der Waals surface area contributed by atoms with E-state index in [-0.39, 0.29) is 0 Å². The SMILES string of the molecule is CO[Si](C)(CC[Si](OC)(OC)OC)OC.CO[Si](C)(CF)OC.CO[Si](C)(OC)c1ccc(N(c2ccccc2)c2ccc(-c3ccc(N(c4ccccc4)c4ccc([Si](C)(OC)OC)cc4)cc3)cc2)cc1.CO[Si](C)(OC)c1ccc(N(c2ccccc2)c2ccc([Si](OC)(OC)OC)cc2)cc1.CO[Si](F)(OC)OC.FCF. The summed E-state index contributed by atoms with van der Waals surface area (Å²) in [5.74, 6) is 0. The van der Waals surface area contributed by atoms with Crippen molar-refractivity contribution >= 4 is 141 Å². The molecule has 116 heavy (non-hydrogen) atoms. The van der Waals surface area contributed by atoms with E-state index in [1.807, 2.05) is 55.6 Å². The van der Waals surface area contributed by atoms with Crippen molar-refractivity contribution in [2.45, 2.75) is 44.8 Å². The van der Waals surface area contributed by atoms with Crippen LogP contribution in [-0.4, -0.2) is 218 Å². The highest BCUT2D eigenvalue weighted by atomic mass is 28.4. The normalized spacial score (nSPS) is 11.9. The Bertz CT molecular complexity index is 3920. The van der Waals surface area contributed by atoms with Gasteiger partial charge in [-0.3, -0.25) is 0 Å². The molecule has 0 spiro atoms. The number of nitrogens with zero attached hydrogens (tertiary/aromatic N) is 3. The van der Waals surface area contributed by atoms with Crippen molar-refractivity contribution in [3.63, 3.8) is 0 Å². The third kappa shape index (κ3) is 27.8. The maximum absolute atomic E-state index is 12.5. The highest BCUT2D eigenvalue weighted by Crippen LogP contribution is 2.39. The quantitative estimate of drug-likeness (QED) is 0.0203. The van der Waals surface area contributed by atoms with Crippen LogP contribution in [0.4, 0.5) is 68.5 Å². The van der Waals surface area contributed by atoms with Crippen LogP contribution in [0.2, 0.25) is 44.8 Å². The van der Waals surface area contributed by atoms with Crippen LogP contribution in [0, 0.1) is 0 Å². The summed E-state index contributed by atoms with van der Waals surface area (Å²) in [4.78, 5) is 6.73. The molecular weight excluding hydrogens is 1630 g/mol. The van der Waals surface area contributed by atoms with E-state index in [2.05, 4.69) is 235 Å². The lowest BCUT2D eigenvalue weighted by molar-refractivity contribution is 0.0762. The Morgan fingerprint density at radius 3 is 0.621 bits per heavy atom. The van der Waals surface area contributed by atoms with Crippen molar-refractivity contribution < 1.29 is 101 Å². The van der Waals surface area contributed by atoms with Crippen molar-refractivity contribution in [1.29, 1.82) is 0 Å². The molecule has 9 aromatic rings. The second kappa shape index (κ2) is 50.2. The first-order valence-electron chi connectivity index (χ1n) is 36.6. The van der Waals surface area contributed by atoms with E-state index in [4.69, 9.17) is 70.8 Å². The molecule has 0 aliphatic rings. The Morgan fingerprint density at radius 1 is 0.233 bits per heavy atom. The molecule has 636 valence electrons. The number of benzene rings is 9. The second-order valence-corrected chi connectivity index (χ2v) is 50.7. The van der Waals surface area contributed by atoms with Crippen molar-refractivity contribution in [2.24, 2.45) is 0 Å². The summed E-state index contributed by atoms with van der Waals surface area (Å²) in [5, 5.41) is 4.15. The molecule has 0 bridgehead atoms. The van der Waals surface area contributed by atoms with Gasteiger partial charge in [0.15, 0.2) is 0 Å². The zero-order chi connectivity index (χ0) is 86.2. The Hall–Kier alpha value is -6.92. The van der Waals surface area contributed by atoms with Crippen LogP contribution in [-0.2, 0) is 84.1 Å². The minimum atomic E-state index is -3.67. The molecule has 0 aliphatic carbocycles. The van der Waals surface area contributed by atoms with Crippen LogP contribution < -0.4 is 35.4 Å². The van der Waals surface area contributed by atoms with Gasteiger partial charge in [-0.2, -0.15) is 0 Å². The molecule has 22 nitrogen and oxygen atoms in total. The fourth-order valence-corrected chi connectivity index (χ4v) is 23.1. The molecule has 0 fully saturated rings. The van der Waals surface area contributed by atoms with Gasteiger partial charge in [0.2, 0.25) is 6.93 Å². The van der Waals surface area contributed by atoms with Gasteiger partial charge in [-0.1, -0.05) is 127 Å². The van der Waals surface area contributed by atoms with E-state index in [0.29, 0.717) is 6.04 Å². The number of alkyl halides is 3. The molecule has 0 heterocycles. The van der Waals surface area contributed by atoms with E-state index < -0.39 is 82.8 Å². The zero-order valence-electron chi connectivity index (χ0n) is 71.5. The Labute approximate surface area is 694 Å². The van der Waals surface area contributed by atoms with Gasteiger partial charge in [0.25, 0.3) is 0 Å². The molecule has 9 aromatic carbocycles. The molecule has 0 amide bonds. The van der Waals surface area contributed by atoms with Gasteiger partial charge in [0.05, 0.1) is 0 Å². The van der Waals surface area contributed by atoms with Crippen molar-refractivity contribution in [2.75, 3.05) is 163 Å². The third-order valence-corrected chi connectivity index (χ3v) is 41.0. The Kier molecular flexibility index (Phi) is 43.9. The van der Waals surface area contributed by atoms with Gasteiger partial charge < -0.3 is 98.8 Å². The molecule has 0 unspecified atom stereocenters. The number of para-hydroxylation sites is 3. The van der Waals surface area contributed by atoms with Crippen LogP contribution in [0.15, 0.2) is 237 Å². The van der Waals surface area contributed by atoms with Gasteiger partial charge >= 0.3 is 69.6 Å². The summed E-state index contributed by atoms with van der Waals surface area (Å²) < 4.78 is 144. The topological polar surface area (TPSA) is 185 Å². The summed E-state index contributed by atoms with van der Waals surface area (Å²) in [6.45, 7) is 8.08. The van der Waals surface area contributed by atoms with Crippen molar-refractivity contribution in [1.82, 2.24) is 0 Å². The fourth-order valence-electron chi connectivity index (χ4n) is 11.5. The lowest BCUT2D eigenvalue weighted by atomic mass is 10.0. The molecular formula is C82H119F4N3O19Si8. The molecule has 9 rings (SSSR count). The second-order valence-electron chi connectivity index (χ2n) is 25.7. The van der Waals surface area contributed by atoms with Gasteiger partial charge in [-0.15, -0.1) is 0 Å². The summed E-state index contributed by atoms with van der Waals surface area (Å²) in [6.07, 6.45) is -0.486. The first kappa shape index (κ1) is 101. The fraction of sp³-hybridized carbons (Fsp3) is 0.341. The molecule has 0 saturated carbocycles. The average molecular weight is 1750 g/mol. The lowest BCUT2D eigenvalue weighted by Crippen LogP contribution is -2.54. The van der Waals surface area contributed by atoms with Crippen LogP contribution >= 0.6 is 0 Å². The number of hydrogen-bond acceptors (Lipinski definition) is 22. The predicted molar refractivity (Wildman–Crippen MR) is 473 cm³/mol. The molecule has 0 radical (unpaired) electrons. The number of rotatable bonds is 37. The standard InChI is InChI=1S/C42H44N2O4Si2.C24H31NO5Si2.C8H22O5Si2.C4H11FO2Si.C3H9FO3Si.CH2F2/c1-45-49(5,46-2)41-29-25-39(26-30-41)43(35-13-9-7-10-14-35)37-21-17-33(18-22-37)34-19-23-38(24-20-34)44(36-15-11-8-12-16-36)40-27-31-42(32-28-40)50(6,47-3)48-4;1-26-31(6,27-2)23-16-12-21(13-17-23)25(20-10-8-7-9-11-20)22-14-18-24(19-15-22)32(28-3,29-4)30-5;1-9-14(6,10-2)7-8-15(11-3,12-4)13-5;1-6-8(3,4-5)7-2;1-5-8(4,6-2)7-3;2-1-3/h7-32H,1-6H3;7-19H,1-6H3;7-8H2,1-6H3;4H2,1-3H3;1-3H3;1H2. The van der Waals surface area contributed by atoms with Crippen molar-refractivity contribution in [3.8, 4) is 11.1 Å². The Morgan fingerprint density at radius 2 is 0.448 bits per heavy atom. The van der Waals surface area contributed by atoms with Gasteiger partial charge in [0.1, 0.15) is 6.30 Å². The Balaban J connectivity index is 0.000000363.